The smallest absolute Gasteiger partial charge is 0.168 e. The number of nitriles is 1. The quantitative estimate of drug-likeness (QED) is 0.461. The molecule has 5 aromatic rings. The topological polar surface area (TPSA) is 118 Å². The van der Waals surface area contributed by atoms with Gasteiger partial charge in [0.25, 0.3) is 0 Å². The van der Waals surface area contributed by atoms with Gasteiger partial charge >= 0.3 is 0 Å². The normalized spacial score (nSPS) is 10.9. The molecule has 0 atom stereocenters. The Morgan fingerprint density at radius 2 is 2.00 bits per heavy atom. The lowest BCUT2D eigenvalue weighted by Crippen LogP contribution is -2.03. The minimum absolute atomic E-state index is 0.471. The van der Waals surface area contributed by atoms with Crippen molar-refractivity contribution < 1.29 is 4.74 Å². The van der Waals surface area contributed by atoms with E-state index in [0.29, 0.717) is 29.2 Å². The van der Waals surface area contributed by atoms with Crippen LogP contribution in [-0.2, 0) is 6.42 Å². The fourth-order valence-electron chi connectivity index (χ4n) is 3.68. The van der Waals surface area contributed by atoms with Crippen molar-refractivity contribution in [3.63, 3.8) is 0 Å². The summed E-state index contributed by atoms with van der Waals surface area (Å²) < 4.78 is 7.42. The molecule has 0 saturated heterocycles. The predicted octanol–water partition coefficient (Wildman–Crippen LogP) is 3.38. The summed E-state index contributed by atoms with van der Waals surface area (Å²) in [7, 11) is 1.61. The first-order chi connectivity index (χ1) is 15.7. The van der Waals surface area contributed by atoms with Gasteiger partial charge in [0.05, 0.1) is 47.5 Å². The Morgan fingerprint density at radius 3 is 2.78 bits per heavy atom. The van der Waals surface area contributed by atoms with Crippen LogP contribution in [0.3, 0.4) is 0 Å². The van der Waals surface area contributed by atoms with E-state index in [-0.39, 0.29) is 0 Å². The van der Waals surface area contributed by atoms with Crippen molar-refractivity contribution in [3.8, 4) is 28.9 Å². The van der Waals surface area contributed by atoms with Crippen LogP contribution in [0.1, 0.15) is 22.6 Å². The Labute approximate surface area is 183 Å². The molecule has 9 nitrogen and oxygen atoms in total. The summed E-state index contributed by atoms with van der Waals surface area (Å²) in [6.07, 6.45) is 5.52. The van der Waals surface area contributed by atoms with Gasteiger partial charge in [0.1, 0.15) is 12.0 Å². The fraction of sp³-hybridized carbons (Fsp3) is 0.130. The molecule has 0 unspecified atom stereocenters. The molecule has 9 heteroatoms. The summed E-state index contributed by atoms with van der Waals surface area (Å²) in [5, 5.41) is 22.2. The number of fused-ring (bicyclic) bond motifs is 1. The number of aromatic nitrogens is 7. The highest BCUT2D eigenvalue weighted by Gasteiger charge is 2.17. The van der Waals surface area contributed by atoms with E-state index in [2.05, 4.69) is 36.3 Å². The van der Waals surface area contributed by atoms with Crippen LogP contribution in [-0.4, -0.2) is 42.0 Å². The molecule has 0 saturated carbocycles. The van der Waals surface area contributed by atoms with E-state index in [1.807, 2.05) is 31.2 Å². The summed E-state index contributed by atoms with van der Waals surface area (Å²) in [6.45, 7) is 1.96. The Balaban J connectivity index is 1.49. The Hall–Kier alpha value is -4.58. The van der Waals surface area contributed by atoms with Crippen molar-refractivity contribution in [3.05, 3.63) is 77.8 Å². The average molecular weight is 422 g/mol. The maximum Gasteiger partial charge on any atom is 0.168 e. The van der Waals surface area contributed by atoms with Crippen LogP contribution in [0.4, 0.5) is 0 Å². The van der Waals surface area contributed by atoms with Crippen molar-refractivity contribution in [1.29, 1.82) is 5.26 Å². The number of aryl methyl sites for hydroxylation is 1. The second-order valence-electron chi connectivity index (χ2n) is 7.21. The highest BCUT2D eigenvalue weighted by atomic mass is 16.5. The summed E-state index contributed by atoms with van der Waals surface area (Å²) >= 11 is 0. The zero-order valence-corrected chi connectivity index (χ0v) is 17.4. The highest BCUT2D eigenvalue weighted by molar-refractivity contribution is 5.82. The van der Waals surface area contributed by atoms with Gasteiger partial charge in [-0.05, 0) is 25.1 Å². The first-order valence-electron chi connectivity index (χ1n) is 9.90. The number of nitrogens with one attached hydrogen (secondary N) is 1. The fourth-order valence-corrected chi connectivity index (χ4v) is 3.68. The lowest BCUT2D eigenvalue weighted by atomic mass is 10.1. The number of hydrogen-bond donors (Lipinski definition) is 1. The molecule has 32 heavy (non-hydrogen) atoms. The van der Waals surface area contributed by atoms with Gasteiger partial charge in [-0.25, -0.2) is 14.6 Å². The Kier molecular flexibility index (Phi) is 4.80. The molecule has 0 radical (unpaired) electrons. The van der Waals surface area contributed by atoms with Crippen LogP contribution in [0.2, 0.25) is 0 Å². The minimum Gasteiger partial charge on any atom is -0.492 e. The first-order valence-corrected chi connectivity index (χ1v) is 9.90. The number of benzene rings is 1. The van der Waals surface area contributed by atoms with Crippen molar-refractivity contribution in [2.45, 2.75) is 13.3 Å². The molecule has 0 spiro atoms. The van der Waals surface area contributed by atoms with Gasteiger partial charge in [-0.2, -0.15) is 15.5 Å². The van der Waals surface area contributed by atoms with Crippen LogP contribution >= 0.6 is 0 Å². The zero-order valence-electron chi connectivity index (χ0n) is 17.4. The summed E-state index contributed by atoms with van der Waals surface area (Å²) in [6, 6.07) is 13.2. The number of rotatable bonds is 5. The van der Waals surface area contributed by atoms with Crippen LogP contribution in [0.5, 0.6) is 5.75 Å². The van der Waals surface area contributed by atoms with Crippen molar-refractivity contribution in [1.82, 2.24) is 34.9 Å². The standard InChI is InChI=1S/C23H18N8O/c1-14-18-7-8-25-12-20(18)31(30-14)21-10-17(26-13-27-21)9-19-23(32-2)22(29-28-19)16-5-3-15(11-24)4-6-16/h3-8,10,12-13H,9H2,1-2H3,(H,28,29). The summed E-state index contributed by atoms with van der Waals surface area (Å²) in [4.78, 5) is 13.0. The molecule has 0 aliphatic carbocycles. The minimum atomic E-state index is 0.471. The van der Waals surface area contributed by atoms with Crippen LogP contribution in [0, 0.1) is 18.3 Å². The number of methoxy groups -OCH3 is 1. The van der Waals surface area contributed by atoms with E-state index in [9.17, 15) is 0 Å². The molecule has 4 heterocycles. The number of ether oxygens (including phenoxy) is 1. The average Bonchev–Trinajstić information content (AvgIpc) is 3.40. The number of hydrogen-bond acceptors (Lipinski definition) is 7. The molecular formula is C23H18N8O. The van der Waals surface area contributed by atoms with Crippen molar-refractivity contribution in [2.24, 2.45) is 0 Å². The molecule has 4 aromatic heterocycles. The third kappa shape index (κ3) is 3.33. The number of H-pyrrole nitrogens is 1. The maximum atomic E-state index is 9.01. The molecule has 5 rings (SSSR count). The lowest BCUT2D eigenvalue weighted by molar-refractivity contribution is 0.412. The molecule has 1 aromatic carbocycles. The second-order valence-corrected chi connectivity index (χ2v) is 7.21. The molecule has 0 amide bonds. The third-order valence-electron chi connectivity index (χ3n) is 5.24. The first kappa shape index (κ1) is 19.4. The molecular weight excluding hydrogens is 404 g/mol. The molecule has 0 aliphatic rings. The van der Waals surface area contributed by atoms with Gasteiger partial charge in [-0.15, -0.1) is 0 Å². The van der Waals surface area contributed by atoms with Gasteiger partial charge in [0.15, 0.2) is 11.6 Å². The van der Waals surface area contributed by atoms with Gasteiger partial charge in [-0.3, -0.25) is 10.1 Å². The number of nitrogens with zero attached hydrogens (tertiary/aromatic N) is 7. The SMILES string of the molecule is COc1c(-c2ccc(C#N)cc2)n[nH]c1Cc1cc(-n2nc(C)c3ccncc32)ncn1. The largest absolute Gasteiger partial charge is 0.492 e. The number of aromatic amines is 1. The third-order valence-corrected chi connectivity index (χ3v) is 5.24. The summed E-state index contributed by atoms with van der Waals surface area (Å²) in [5.41, 5.74) is 5.50. The van der Waals surface area contributed by atoms with E-state index in [0.717, 1.165) is 33.5 Å². The van der Waals surface area contributed by atoms with Crippen LogP contribution in [0.15, 0.2) is 55.1 Å². The van der Waals surface area contributed by atoms with E-state index in [1.165, 1.54) is 6.33 Å². The molecule has 0 bridgehead atoms. The van der Waals surface area contributed by atoms with Crippen molar-refractivity contribution in [2.75, 3.05) is 7.11 Å². The van der Waals surface area contributed by atoms with E-state index < -0.39 is 0 Å². The zero-order chi connectivity index (χ0) is 22.1. The van der Waals surface area contributed by atoms with Gasteiger partial charge < -0.3 is 4.74 Å². The van der Waals surface area contributed by atoms with E-state index >= 15 is 0 Å². The van der Waals surface area contributed by atoms with Gasteiger partial charge in [0, 0.05) is 29.6 Å². The van der Waals surface area contributed by atoms with Gasteiger partial charge in [-0.1, -0.05) is 12.1 Å². The lowest BCUT2D eigenvalue weighted by Gasteiger charge is -2.06. The highest BCUT2D eigenvalue weighted by Crippen LogP contribution is 2.32. The molecule has 1 N–H and O–H groups in total. The van der Waals surface area contributed by atoms with E-state index in [4.69, 9.17) is 10.00 Å². The molecule has 156 valence electrons. The van der Waals surface area contributed by atoms with Crippen LogP contribution < -0.4 is 4.74 Å². The van der Waals surface area contributed by atoms with Crippen LogP contribution in [0.25, 0.3) is 28.0 Å². The van der Waals surface area contributed by atoms with Crippen molar-refractivity contribution >= 4 is 10.9 Å². The predicted molar refractivity (Wildman–Crippen MR) is 117 cm³/mol. The second kappa shape index (κ2) is 7.92. The molecule has 0 aliphatic heterocycles. The molecule has 0 fully saturated rings. The Bertz CT molecular complexity index is 1460. The summed E-state index contributed by atoms with van der Waals surface area (Å²) in [5.74, 6) is 1.30. The Morgan fingerprint density at radius 1 is 1.16 bits per heavy atom. The maximum absolute atomic E-state index is 9.01. The van der Waals surface area contributed by atoms with E-state index in [1.54, 1.807) is 36.3 Å². The monoisotopic (exact) mass is 422 g/mol. The van der Waals surface area contributed by atoms with Gasteiger partial charge in [0.2, 0.25) is 0 Å². The number of pyridine rings is 1.